The van der Waals surface area contributed by atoms with Crippen LogP contribution in [0.4, 0.5) is 4.48 Å². The molecule has 1 nitrogen and oxygen atoms in total. The van der Waals surface area contributed by atoms with Crippen LogP contribution in [0.2, 0.25) is 0 Å². The van der Waals surface area contributed by atoms with Gasteiger partial charge in [0.25, 0.3) is 0 Å². The van der Waals surface area contributed by atoms with E-state index in [1.807, 2.05) is 0 Å². The maximum atomic E-state index is 10.7. The van der Waals surface area contributed by atoms with E-state index in [1.165, 1.54) is 11.6 Å². The van der Waals surface area contributed by atoms with Crippen molar-refractivity contribution in [3.63, 3.8) is 0 Å². The van der Waals surface area contributed by atoms with Gasteiger partial charge < -0.3 is 0 Å². The highest BCUT2D eigenvalue weighted by Gasteiger charge is 1.61. The van der Waals surface area contributed by atoms with Gasteiger partial charge >= 0.3 is 0 Å². The normalized spacial score (nSPS) is 6.17. The SMILES string of the molecule is C=CCNF.Cl. The van der Waals surface area contributed by atoms with Crippen LogP contribution in [0.3, 0.4) is 0 Å². The minimum Gasteiger partial charge on any atom is -0.156 e. The molecule has 0 aliphatic carbocycles. The molecule has 0 unspecified atom stereocenters. The zero-order valence-electron chi connectivity index (χ0n) is 3.28. The third-order valence-corrected chi connectivity index (χ3v) is 0.221. The van der Waals surface area contributed by atoms with Gasteiger partial charge in [-0.15, -0.1) is 23.5 Å². The van der Waals surface area contributed by atoms with Crippen molar-refractivity contribution in [1.29, 1.82) is 0 Å². The predicted octanol–water partition coefficient (Wildman–Crippen LogP) is 1.07. The molecule has 0 amide bonds. The van der Waals surface area contributed by atoms with Gasteiger partial charge in [-0.1, -0.05) is 6.08 Å². The molecular weight excluding hydrogens is 104 g/mol. The number of halogens is 2. The fourth-order valence-corrected chi connectivity index (χ4v) is 0.0546. The quantitative estimate of drug-likeness (QED) is 0.415. The number of hydrogen-bond acceptors (Lipinski definition) is 1. The molecule has 0 atom stereocenters. The van der Waals surface area contributed by atoms with Crippen molar-refractivity contribution < 1.29 is 4.48 Å². The molecular formula is C3H7ClFN. The molecule has 0 aromatic carbocycles. The Morgan fingerprint density at radius 1 is 1.83 bits per heavy atom. The van der Waals surface area contributed by atoms with Gasteiger partial charge in [-0.2, -0.15) is 5.54 Å². The molecule has 0 rings (SSSR count). The number of rotatable bonds is 2. The van der Waals surface area contributed by atoms with Gasteiger partial charge in [-0.25, -0.2) is 0 Å². The largest absolute Gasteiger partial charge is 0.156 e. The maximum absolute atomic E-state index is 10.7. The van der Waals surface area contributed by atoms with Crippen LogP contribution in [0.25, 0.3) is 0 Å². The summed E-state index contributed by atoms with van der Waals surface area (Å²) < 4.78 is 10.7. The van der Waals surface area contributed by atoms with E-state index in [9.17, 15) is 4.48 Å². The summed E-state index contributed by atoms with van der Waals surface area (Å²) in [6.07, 6.45) is 1.44. The molecule has 0 aromatic rings. The lowest BCUT2D eigenvalue weighted by Gasteiger charge is -1.74. The first-order valence-electron chi connectivity index (χ1n) is 1.36. The maximum Gasteiger partial charge on any atom is 0.0437 e. The second-order valence-corrected chi connectivity index (χ2v) is 0.626. The molecule has 0 bridgehead atoms. The Balaban J connectivity index is 0. The Bertz CT molecular complexity index is 32.0. The van der Waals surface area contributed by atoms with Gasteiger partial charge in [0.05, 0.1) is 0 Å². The minimum absolute atomic E-state index is 0. The summed E-state index contributed by atoms with van der Waals surface area (Å²) in [5.41, 5.74) is 1.40. The zero-order chi connectivity index (χ0) is 4.12. The zero-order valence-corrected chi connectivity index (χ0v) is 4.09. The summed E-state index contributed by atoms with van der Waals surface area (Å²) in [5, 5.41) is 0. The van der Waals surface area contributed by atoms with Crippen molar-refractivity contribution in [2.75, 3.05) is 6.54 Å². The van der Waals surface area contributed by atoms with E-state index in [1.54, 1.807) is 0 Å². The van der Waals surface area contributed by atoms with E-state index in [2.05, 4.69) is 6.58 Å². The standard InChI is InChI=1S/C3H6FN.ClH/c1-2-3-5-4;/h2,5H,1,3H2;1H. The second-order valence-electron chi connectivity index (χ2n) is 0.626. The molecule has 0 spiro atoms. The molecule has 3 heteroatoms. The lowest BCUT2D eigenvalue weighted by molar-refractivity contribution is 0.357. The molecule has 0 aliphatic rings. The van der Waals surface area contributed by atoms with E-state index in [0.29, 0.717) is 0 Å². The van der Waals surface area contributed by atoms with Crippen LogP contribution in [0.5, 0.6) is 0 Å². The lowest BCUT2D eigenvalue weighted by atomic mass is 10.7. The first-order chi connectivity index (χ1) is 2.41. The highest BCUT2D eigenvalue weighted by atomic mass is 35.5. The number of hydrogen-bond donors (Lipinski definition) is 1. The number of nitrogens with one attached hydrogen (secondary N) is 1. The topological polar surface area (TPSA) is 12.0 Å². The van der Waals surface area contributed by atoms with Gasteiger partial charge in [0.2, 0.25) is 0 Å². The highest BCUT2D eigenvalue weighted by Crippen LogP contribution is 1.53. The Morgan fingerprint density at radius 2 is 2.33 bits per heavy atom. The molecule has 0 saturated heterocycles. The molecule has 0 fully saturated rings. The van der Waals surface area contributed by atoms with Gasteiger partial charge in [0, 0.05) is 6.54 Å². The lowest BCUT2D eigenvalue weighted by Crippen LogP contribution is -1.95. The Kier molecular flexibility index (Phi) is 13.8. The average Bonchev–Trinajstić information content (AvgIpc) is 1.41. The highest BCUT2D eigenvalue weighted by molar-refractivity contribution is 5.85. The van der Waals surface area contributed by atoms with Crippen molar-refractivity contribution in [1.82, 2.24) is 5.54 Å². The summed E-state index contributed by atoms with van der Waals surface area (Å²) in [6.45, 7) is 3.48. The summed E-state index contributed by atoms with van der Waals surface area (Å²) in [6, 6.07) is 0. The molecule has 1 N–H and O–H groups in total. The first-order valence-corrected chi connectivity index (χ1v) is 1.36. The summed E-state index contributed by atoms with van der Waals surface area (Å²) in [5.74, 6) is 0. The molecule has 6 heavy (non-hydrogen) atoms. The van der Waals surface area contributed by atoms with Crippen LogP contribution < -0.4 is 5.54 Å². The van der Waals surface area contributed by atoms with Crippen molar-refractivity contribution in [3.8, 4) is 0 Å². The van der Waals surface area contributed by atoms with Crippen LogP contribution in [0.1, 0.15) is 0 Å². The van der Waals surface area contributed by atoms with E-state index in [4.69, 9.17) is 0 Å². The van der Waals surface area contributed by atoms with Gasteiger partial charge in [0.15, 0.2) is 0 Å². The molecule has 0 heterocycles. The van der Waals surface area contributed by atoms with Crippen molar-refractivity contribution in [3.05, 3.63) is 12.7 Å². The fourth-order valence-electron chi connectivity index (χ4n) is 0.0546. The Labute approximate surface area is 42.6 Å². The monoisotopic (exact) mass is 111 g/mol. The third kappa shape index (κ3) is 9.07. The van der Waals surface area contributed by atoms with E-state index in [-0.39, 0.29) is 19.0 Å². The van der Waals surface area contributed by atoms with Crippen molar-refractivity contribution in [2.45, 2.75) is 0 Å². The van der Waals surface area contributed by atoms with Crippen LogP contribution in [-0.4, -0.2) is 6.54 Å². The Hall–Kier alpha value is -0.0800. The van der Waals surface area contributed by atoms with Gasteiger partial charge in [-0.3, -0.25) is 0 Å². The predicted molar refractivity (Wildman–Crippen MR) is 26.6 cm³/mol. The third-order valence-electron chi connectivity index (χ3n) is 0.221. The first kappa shape index (κ1) is 9.33. The van der Waals surface area contributed by atoms with Gasteiger partial charge in [-0.05, 0) is 0 Å². The summed E-state index contributed by atoms with van der Waals surface area (Å²) in [4.78, 5) is 0. The van der Waals surface area contributed by atoms with E-state index < -0.39 is 0 Å². The molecule has 38 valence electrons. The summed E-state index contributed by atoms with van der Waals surface area (Å²) >= 11 is 0. The average molecular weight is 112 g/mol. The Morgan fingerprint density at radius 3 is 2.33 bits per heavy atom. The molecule has 0 saturated carbocycles. The summed E-state index contributed by atoms with van der Waals surface area (Å²) in [7, 11) is 0. The van der Waals surface area contributed by atoms with Gasteiger partial charge in [0.1, 0.15) is 0 Å². The fraction of sp³-hybridized carbons (Fsp3) is 0.333. The molecule has 0 aromatic heterocycles. The van der Waals surface area contributed by atoms with Crippen LogP contribution >= 0.6 is 12.4 Å². The van der Waals surface area contributed by atoms with Crippen LogP contribution in [-0.2, 0) is 0 Å². The van der Waals surface area contributed by atoms with Crippen molar-refractivity contribution in [2.24, 2.45) is 0 Å². The van der Waals surface area contributed by atoms with Crippen molar-refractivity contribution >= 4 is 12.4 Å². The smallest absolute Gasteiger partial charge is 0.0437 e. The van der Waals surface area contributed by atoms with E-state index >= 15 is 0 Å². The molecule has 0 radical (unpaired) electrons. The molecule has 0 aliphatic heterocycles. The van der Waals surface area contributed by atoms with Crippen LogP contribution in [0.15, 0.2) is 12.7 Å². The second kappa shape index (κ2) is 8.87. The van der Waals surface area contributed by atoms with Crippen LogP contribution in [0, 0.1) is 0 Å². The minimum atomic E-state index is 0. The van der Waals surface area contributed by atoms with E-state index in [0.717, 1.165) is 0 Å².